The Morgan fingerprint density at radius 2 is 1.81 bits per heavy atom. The van der Waals surface area contributed by atoms with Gasteiger partial charge in [0.05, 0.1) is 16.1 Å². The van der Waals surface area contributed by atoms with Gasteiger partial charge in [0.15, 0.2) is 0 Å². The van der Waals surface area contributed by atoms with Crippen LogP contribution in [0.5, 0.6) is 17.2 Å². The maximum absolute atomic E-state index is 12.9. The fourth-order valence-electron chi connectivity index (χ4n) is 4.48. The van der Waals surface area contributed by atoms with Crippen LogP contribution in [0.4, 0.5) is 5.69 Å². The van der Waals surface area contributed by atoms with Gasteiger partial charge < -0.3 is 23.9 Å². The molecule has 1 saturated heterocycles. The van der Waals surface area contributed by atoms with Gasteiger partial charge in [-0.05, 0) is 48.9 Å². The number of aliphatic hydroxyl groups excluding tert-OH is 1. The predicted molar refractivity (Wildman–Crippen MR) is 145 cm³/mol. The lowest BCUT2D eigenvalue weighted by Crippen LogP contribution is -2.49. The van der Waals surface area contributed by atoms with Gasteiger partial charge in [0.1, 0.15) is 36.1 Å². The maximum atomic E-state index is 12.9. The molecule has 0 bridgehead atoms. The molecule has 0 radical (unpaired) electrons. The van der Waals surface area contributed by atoms with Crippen molar-refractivity contribution in [3.63, 3.8) is 0 Å². The summed E-state index contributed by atoms with van der Waals surface area (Å²) in [4.78, 5) is 17.4. The number of halogens is 1. The molecule has 0 saturated carbocycles. The Morgan fingerprint density at radius 1 is 1.00 bits per heavy atom. The molecule has 0 unspecified atom stereocenters. The molecule has 8 heteroatoms. The normalized spacial score (nSPS) is 15.1. The Bertz CT molecular complexity index is 1430. The van der Waals surface area contributed by atoms with Gasteiger partial charge >= 0.3 is 0 Å². The van der Waals surface area contributed by atoms with Crippen LogP contribution in [-0.4, -0.2) is 55.4 Å². The summed E-state index contributed by atoms with van der Waals surface area (Å²) < 4.78 is 17.2. The average Bonchev–Trinajstić information content (AvgIpc) is 2.90. The fraction of sp³-hybridized carbons (Fsp3) is 0.276. The third kappa shape index (κ3) is 6.07. The van der Waals surface area contributed by atoms with E-state index in [-0.39, 0.29) is 17.8 Å². The standard InChI is InChI=1S/C29H29ClN2O5/c1-20-5-4-6-23(15-20)37-28-19-36-27-16-22(9-10-24(27)29(28)34)35-18-21(33)17-31-11-13-32(14-12-31)26-8-3-2-7-25(26)30/h2-10,15-16,19,21,33H,11-14,17-18H2,1H3/t21-/m1/s1. The smallest absolute Gasteiger partial charge is 0.235 e. The largest absolute Gasteiger partial charge is 0.491 e. The molecule has 3 aromatic carbocycles. The summed E-state index contributed by atoms with van der Waals surface area (Å²) in [6, 6.07) is 20.3. The molecule has 1 aliphatic heterocycles. The number of anilines is 1. The van der Waals surface area contributed by atoms with E-state index in [9.17, 15) is 9.90 Å². The Morgan fingerprint density at radius 3 is 2.59 bits per heavy atom. The quantitative estimate of drug-likeness (QED) is 0.346. The molecule has 1 fully saturated rings. The van der Waals surface area contributed by atoms with Gasteiger partial charge in [-0.2, -0.15) is 0 Å². The molecule has 1 N–H and O–H groups in total. The Balaban J connectivity index is 1.15. The number of rotatable bonds is 8. The molecule has 4 aromatic rings. The molecule has 1 aliphatic rings. The Hall–Kier alpha value is -3.52. The summed E-state index contributed by atoms with van der Waals surface area (Å²) in [7, 11) is 0. The number of hydrogen-bond acceptors (Lipinski definition) is 7. The SMILES string of the molecule is Cc1cccc(Oc2coc3cc(OC[C@H](O)CN4CCN(c5ccccc5Cl)CC4)ccc3c2=O)c1. The fourth-order valence-corrected chi connectivity index (χ4v) is 4.73. The van der Waals surface area contributed by atoms with Crippen molar-refractivity contribution in [1.82, 2.24) is 4.90 Å². The van der Waals surface area contributed by atoms with Crippen molar-refractivity contribution >= 4 is 28.3 Å². The predicted octanol–water partition coefficient (Wildman–Crippen LogP) is 5.11. The van der Waals surface area contributed by atoms with Crippen LogP contribution in [-0.2, 0) is 0 Å². The number of aryl methyl sites for hydroxylation is 1. The van der Waals surface area contributed by atoms with E-state index < -0.39 is 6.10 Å². The van der Waals surface area contributed by atoms with Gasteiger partial charge in [-0.25, -0.2) is 0 Å². The highest BCUT2D eigenvalue weighted by atomic mass is 35.5. The summed E-state index contributed by atoms with van der Waals surface area (Å²) in [5, 5.41) is 11.7. The first-order valence-electron chi connectivity index (χ1n) is 12.3. The van der Waals surface area contributed by atoms with Gasteiger partial charge in [-0.15, -0.1) is 0 Å². The lowest BCUT2D eigenvalue weighted by Gasteiger charge is -2.37. The molecule has 5 rings (SSSR count). The molecule has 37 heavy (non-hydrogen) atoms. The van der Waals surface area contributed by atoms with Gasteiger partial charge in [0.25, 0.3) is 0 Å². The lowest BCUT2D eigenvalue weighted by atomic mass is 10.2. The molecule has 0 spiro atoms. The molecular formula is C29H29ClN2O5. The van der Waals surface area contributed by atoms with Crippen LogP contribution in [0.1, 0.15) is 5.56 Å². The zero-order valence-corrected chi connectivity index (χ0v) is 21.4. The Kier molecular flexibility index (Phi) is 7.65. The van der Waals surface area contributed by atoms with E-state index in [4.69, 9.17) is 25.5 Å². The van der Waals surface area contributed by atoms with Crippen LogP contribution in [0.15, 0.2) is 82.2 Å². The third-order valence-corrected chi connectivity index (χ3v) is 6.73. The summed E-state index contributed by atoms with van der Waals surface area (Å²) in [6.45, 7) is 5.95. The van der Waals surface area contributed by atoms with Crippen molar-refractivity contribution in [2.45, 2.75) is 13.0 Å². The van der Waals surface area contributed by atoms with Crippen LogP contribution < -0.4 is 19.8 Å². The molecule has 0 amide bonds. The number of piperazine rings is 1. The lowest BCUT2D eigenvalue weighted by molar-refractivity contribution is 0.0663. The highest BCUT2D eigenvalue weighted by Gasteiger charge is 2.21. The molecule has 192 valence electrons. The second-order valence-electron chi connectivity index (χ2n) is 9.21. The van der Waals surface area contributed by atoms with Gasteiger partial charge in [0.2, 0.25) is 11.2 Å². The number of para-hydroxylation sites is 1. The van der Waals surface area contributed by atoms with E-state index in [1.807, 2.05) is 49.4 Å². The van der Waals surface area contributed by atoms with Crippen LogP contribution in [0.2, 0.25) is 5.02 Å². The monoisotopic (exact) mass is 520 g/mol. The minimum atomic E-state index is -0.653. The topological polar surface area (TPSA) is 75.4 Å². The number of hydrogen-bond donors (Lipinski definition) is 1. The molecule has 0 aliphatic carbocycles. The number of aliphatic hydroxyl groups is 1. The summed E-state index contributed by atoms with van der Waals surface area (Å²) in [6.07, 6.45) is 0.660. The van der Waals surface area contributed by atoms with Crippen molar-refractivity contribution in [2.24, 2.45) is 0 Å². The first-order valence-corrected chi connectivity index (χ1v) is 12.7. The molecule has 2 heterocycles. The zero-order valence-electron chi connectivity index (χ0n) is 20.6. The van der Waals surface area contributed by atoms with Gasteiger partial charge in [0, 0.05) is 38.8 Å². The first kappa shape index (κ1) is 25.1. The number of nitrogens with zero attached hydrogens (tertiary/aromatic N) is 2. The van der Waals surface area contributed by atoms with Gasteiger partial charge in [-0.1, -0.05) is 35.9 Å². The van der Waals surface area contributed by atoms with Gasteiger partial charge in [-0.3, -0.25) is 9.69 Å². The minimum absolute atomic E-state index is 0.122. The highest BCUT2D eigenvalue weighted by molar-refractivity contribution is 6.33. The van der Waals surface area contributed by atoms with E-state index >= 15 is 0 Å². The van der Waals surface area contributed by atoms with E-state index in [0.29, 0.717) is 29.0 Å². The number of benzene rings is 3. The second kappa shape index (κ2) is 11.3. The summed E-state index contributed by atoms with van der Waals surface area (Å²) >= 11 is 6.33. The molecule has 1 aromatic heterocycles. The molecule has 7 nitrogen and oxygen atoms in total. The van der Waals surface area contributed by atoms with Crippen molar-refractivity contribution in [1.29, 1.82) is 0 Å². The van der Waals surface area contributed by atoms with Crippen LogP contribution in [0.25, 0.3) is 11.0 Å². The van der Waals surface area contributed by atoms with E-state index in [1.165, 1.54) is 6.26 Å². The second-order valence-corrected chi connectivity index (χ2v) is 9.62. The number of β-amino-alcohol motifs (C(OH)–C–C–N with tert-alkyl or cyclic N) is 1. The van der Waals surface area contributed by atoms with Crippen LogP contribution in [0.3, 0.4) is 0 Å². The van der Waals surface area contributed by atoms with Crippen LogP contribution >= 0.6 is 11.6 Å². The van der Waals surface area contributed by atoms with E-state index in [1.54, 1.807) is 24.3 Å². The highest BCUT2D eigenvalue weighted by Crippen LogP contribution is 2.27. The van der Waals surface area contributed by atoms with E-state index in [2.05, 4.69) is 9.80 Å². The Labute approximate surface area is 220 Å². The number of fused-ring (bicyclic) bond motifs is 1. The van der Waals surface area contributed by atoms with Crippen LogP contribution in [0, 0.1) is 6.92 Å². The van der Waals surface area contributed by atoms with Crippen molar-refractivity contribution in [3.8, 4) is 17.2 Å². The summed E-state index contributed by atoms with van der Waals surface area (Å²) in [5.74, 6) is 1.22. The van der Waals surface area contributed by atoms with Crippen molar-refractivity contribution in [2.75, 3.05) is 44.2 Å². The maximum Gasteiger partial charge on any atom is 0.235 e. The van der Waals surface area contributed by atoms with Crippen molar-refractivity contribution in [3.05, 3.63) is 93.8 Å². The first-order chi connectivity index (χ1) is 18.0. The van der Waals surface area contributed by atoms with Crippen molar-refractivity contribution < 1.29 is 19.0 Å². The third-order valence-electron chi connectivity index (χ3n) is 6.41. The van der Waals surface area contributed by atoms with E-state index in [0.717, 1.165) is 42.5 Å². The average molecular weight is 521 g/mol. The molecule has 1 atom stereocenters. The minimum Gasteiger partial charge on any atom is -0.491 e. The zero-order chi connectivity index (χ0) is 25.8. The summed E-state index contributed by atoms with van der Waals surface area (Å²) in [5.41, 5.74) is 2.21. The number of ether oxygens (including phenoxy) is 2. The molecular weight excluding hydrogens is 492 g/mol.